The van der Waals surface area contributed by atoms with Gasteiger partial charge in [0.2, 0.25) is 0 Å². The van der Waals surface area contributed by atoms with Gasteiger partial charge in [-0.1, -0.05) is 63.2 Å². The molecular formula is C26H36N2O3. The molecule has 31 heavy (non-hydrogen) atoms. The lowest BCUT2D eigenvalue weighted by Gasteiger charge is -2.33. The second kappa shape index (κ2) is 9.84. The Bertz CT molecular complexity index is 876. The maximum absolute atomic E-state index is 13.2. The smallest absolute Gasteiger partial charge is 0.253 e. The van der Waals surface area contributed by atoms with E-state index in [0.717, 1.165) is 29.7 Å². The van der Waals surface area contributed by atoms with Crippen molar-refractivity contribution >= 4 is 5.91 Å². The summed E-state index contributed by atoms with van der Waals surface area (Å²) >= 11 is 0. The molecule has 0 aliphatic carbocycles. The number of ether oxygens (including phenoxy) is 2. The van der Waals surface area contributed by atoms with Gasteiger partial charge in [0.15, 0.2) is 0 Å². The number of benzene rings is 2. The van der Waals surface area contributed by atoms with Crippen LogP contribution in [-0.2, 0) is 21.5 Å². The van der Waals surface area contributed by atoms with Crippen molar-refractivity contribution in [3.05, 3.63) is 65.2 Å². The summed E-state index contributed by atoms with van der Waals surface area (Å²) < 4.78 is 11.0. The number of likely N-dealkylation sites (tertiary alicyclic amines) is 1. The van der Waals surface area contributed by atoms with Crippen LogP contribution in [0.3, 0.4) is 0 Å². The zero-order valence-corrected chi connectivity index (χ0v) is 19.6. The molecule has 3 atom stereocenters. The van der Waals surface area contributed by atoms with Crippen LogP contribution < -0.4 is 10.1 Å². The molecule has 1 heterocycles. The van der Waals surface area contributed by atoms with E-state index >= 15 is 0 Å². The fraction of sp³-hybridized carbons (Fsp3) is 0.500. The van der Waals surface area contributed by atoms with E-state index in [1.807, 2.05) is 36.1 Å². The van der Waals surface area contributed by atoms with Crippen LogP contribution in [-0.4, -0.2) is 37.3 Å². The molecule has 5 nitrogen and oxygen atoms in total. The Morgan fingerprint density at radius 1 is 1.13 bits per heavy atom. The second-order valence-corrected chi connectivity index (χ2v) is 9.30. The van der Waals surface area contributed by atoms with Crippen LogP contribution in [0.15, 0.2) is 48.5 Å². The van der Waals surface area contributed by atoms with Crippen molar-refractivity contribution in [1.29, 1.82) is 0 Å². The van der Waals surface area contributed by atoms with Crippen LogP contribution in [0, 0.1) is 0 Å². The first-order chi connectivity index (χ1) is 14.8. The average molecular weight is 425 g/mol. The molecular weight excluding hydrogens is 388 g/mol. The van der Waals surface area contributed by atoms with Crippen molar-refractivity contribution < 1.29 is 14.3 Å². The van der Waals surface area contributed by atoms with Crippen LogP contribution >= 0.6 is 0 Å². The van der Waals surface area contributed by atoms with Gasteiger partial charge in [-0.15, -0.1) is 0 Å². The molecule has 1 amide bonds. The van der Waals surface area contributed by atoms with Gasteiger partial charge in [0.05, 0.1) is 19.3 Å². The Balaban J connectivity index is 1.84. The minimum atomic E-state index is -0.479. The summed E-state index contributed by atoms with van der Waals surface area (Å²) in [5.41, 5.74) is 3.59. The number of hydrogen-bond donors (Lipinski definition) is 1. The predicted octanol–water partition coefficient (Wildman–Crippen LogP) is 4.81. The Labute approximate surface area is 186 Å². The fourth-order valence-corrected chi connectivity index (χ4v) is 4.24. The minimum Gasteiger partial charge on any atom is -0.496 e. The number of carbonyl (C=O) groups excluding carboxylic acids is 1. The van der Waals surface area contributed by atoms with E-state index in [2.05, 4.69) is 50.4 Å². The summed E-state index contributed by atoms with van der Waals surface area (Å²) in [6.07, 6.45) is 1.28. The van der Waals surface area contributed by atoms with Gasteiger partial charge in [-0.25, -0.2) is 0 Å². The number of nitrogens with zero attached hydrogens (tertiary/aromatic N) is 1. The number of rotatable bonds is 7. The van der Waals surface area contributed by atoms with Crippen molar-refractivity contribution in [3.8, 4) is 5.75 Å². The second-order valence-electron chi connectivity index (χ2n) is 9.30. The van der Waals surface area contributed by atoms with E-state index < -0.39 is 6.10 Å². The molecule has 1 saturated heterocycles. The molecule has 2 aromatic rings. The molecule has 0 spiro atoms. The molecule has 2 aromatic carbocycles. The maximum atomic E-state index is 13.2. The molecule has 0 aromatic heterocycles. The number of methoxy groups -OCH3 is 2. The van der Waals surface area contributed by atoms with E-state index in [-0.39, 0.29) is 23.5 Å². The highest BCUT2D eigenvalue weighted by molar-refractivity contribution is 5.81. The number of amides is 1. The molecule has 0 bridgehead atoms. The van der Waals surface area contributed by atoms with Crippen LogP contribution in [0.2, 0.25) is 0 Å². The summed E-state index contributed by atoms with van der Waals surface area (Å²) in [5.74, 6) is 0.878. The first-order valence-corrected chi connectivity index (χ1v) is 11.1. The van der Waals surface area contributed by atoms with E-state index in [4.69, 9.17) is 9.47 Å². The number of hydrogen-bond acceptors (Lipinski definition) is 4. The van der Waals surface area contributed by atoms with Crippen molar-refractivity contribution in [3.63, 3.8) is 0 Å². The van der Waals surface area contributed by atoms with Crippen LogP contribution in [0.25, 0.3) is 0 Å². The quantitative estimate of drug-likeness (QED) is 0.693. The Hall–Kier alpha value is -2.37. The molecule has 1 fully saturated rings. The van der Waals surface area contributed by atoms with Crippen molar-refractivity contribution in [2.45, 2.75) is 70.8 Å². The predicted molar refractivity (Wildman–Crippen MR) is 124 cm³/mol. The Kier molecular flexibility index (Phi) is 7.39. The van der Waals surface area contributed by atoms with E-state index in [1.165, 1.54) is 5.56 Å². The first kappa shape index (κ1) is 23.3. The largest absolute Gasteiger partial charge is 0.496 e. The number of carbonyl (C=O) groups is 1. The SMILES string of the molecule is COc1ccc(C(C)(C)C)cc1CNC1CCC(c2ccccc2)N1C(=O)[C@H](C)OC. The molecule has 2 unspecified atom stereocenters. The highest BCUT2D eigenvalue weighted by atomic mass is 16.5. The Morgan fingerprint density at radius 3 is 2.45 bits per heavy atom. The van der Waals surface area contributed by atoms with Crippen LogP contribution in [0.5, 0.6) is 5.75 Å². The minimum absolute atomic E-state index is 0.0155. The van der Waals surface area contributed by atoms with Gasteiger partial charge >= 0.3 is 0 Å². The van der Waals surface area contributed by atoms with Crippen molar-refractivity contribution in [1.82, 2.24) is 10.2 Å². The lowest BCUT2D eigenvalue weighted by Crippen LogP contribution is -2.49. The summed E-state index contributed by atoms with van der Waals surface area (Å²) in [6.45, 7) is 9.07. The molecule has 1 aliphatic rings. The maximum Gasteiger partial charge on any atom is 0.253 e. The zero-order chi connectivity index (χ0) is 22.6. The van der Waals surface area contributed by atoms with Gasteiger partial charge in [0.1, 0.15) is 11.9 Å². The van der Waals surface area contributed by atoms with Crippen molar-refractivity contribution in [2.24, 2.45) is 0 Å². The highest BCUT2D eigenvalue weighted by Gasteiger charge is 2.39. The molecule has 0 radical (unpaired) electrons. The molecule has 5 heteroatoms. The number of nitrogens with one attached hydrogen (secondary N) is 1. The van der Waals surface area contributed by atoms with Gasteiger partial charge in [-0.3, -0.25) is 10.1 Å². The third-order valence-corrected chi connectivity index (χ3v) is 6.20. The average Bonchev–Trinajstić information content (AvgIpc) is 3.20. The van der Waals surface area contributed by atoms with E-state index in [0.29, 0.717) is 6.54 Å². The summed E-state index contributed by atoms with van der Waals surface area (Å²) in [5, 5.41) is 3.63. The Morgan fingerprint density at radius 2 is 1.84 bits per heavy atom. The van der Waals surface area contributed by atoms with Gasteiger partial charge in [-0.2, -0.15) is 0 Å². The fourth-order valence-electron chi connectivity index (χ4n) is 4.24. The molecule has 168 valence electrons. The van der Waals surface area contributed by atoms with Gasteiger partial charge < -0.3 is 14.4 Å². The topological polar surface area (TPSA) is 50.8 Å². The summed E-state index contributed by atoms with van der Waals surface area (Å²) in [7, 11) is 3.29. The normalized spacial score (nSPS) is 20.0. The molecule has 3 rings (SSSR count). The van der Waals surface area contributed by atoms with Crippen LogP contribution in [0.1, 0.15) is 63.3 Å². The molecule has 0 saturated carbocycles. The van der Waals surface area contributed by atoms with Gasteiger partial charge in [0, 0.05) is 19.2 Å². The molecule has 1 N–H and O–H groups in total. The van der Waals surface area contributed by atoms with E-state index in [9.17, 15) is 4.79 Å². The third-order valence-electron chi connectivity index (χ3n) is 6.20. The summed E-state index contributed by atoms with van der Waals surface area (Å²) in [6, 6.07) is 16.7. The first-order valence-electron chi connectivity index (χ1n) is 11.1. The lowest BCUT2D eigenvalue weighted by atomic mass is 9.86. The van der Waals surface area contributed by atoms with Gasteiger partial charge in [0.25, 0.3) is 5.91 Å². The monoisotopic (exact) mass is 424 g/mol. The highest BCUT2D eigenvalue weighted by Crippen LogP contribution is 2.36. The van der Waals surface area contributed by atoms with E-state index in [1.54, 1.807) is 14.2 Å². The zero-order valence-electron chi connectivity index (χ0n) is 19.6. The third kappa shape index (κ3) is 5.28. The van der Waals surface area contributed by atoms with Gasteiger partial charge in [-0.05, 0) is 42.4 Å². The van der Waals surface area contributed by atoms with Crippen molar-refractivity contribution in [2.75, 3.05) is 14.2 Å². The summed E-state index contributed by atoms with van der Waals surface area (Å²) in [4.78, 5) is 15.2. The molecule has 1 aliphatic heterocycles. The van der Waals surface area contributed by atoms with Crippen LogP contribution in [0.4, 0.5) is 0 Å². The standard InChI is InChI=1S/C26H36N2O3/c1-18(30-5)25(29)28-22(19-10-8-7-9-11-19)13-15-24(28)27-17-20-16-21(26(2,3)4)12-14-23(20)31-6/h7-12,14,16,18,22,24,27H,13,15,17H2,1-6H3/t18-,22?,24?/m0/s1. The lowest BCUT2D eigenvalue weighted by molar-refractivity contribution is -0.144.